The highest BCUT2D eigenvalue weighted by molar-refractivity contribution is 6.31. The molecule has 2 nitrogen and oxygen atoms in total. The number of benzene rings is 1. The summed E-state index contributed by atoms with van der Waals surface area (Å²) in [4.78, 5) is 0. The van der Waals surface area contributed by atoms with Crippen molar-refractivity contribution in [1.29, 1.82) is 0 Å². The third-order valence-electron chi connectivity index (χ3n) is 1.86. The molecular formula is C11H16ClNO. The number of ether oxygens (including phenoxy) is 1. The smallest absolute Gasteiger partial charge is 0.142 e. The van der Waals surface area contributed by atoms with Gasteiger partial charge >= 0.3 is 0 Å². The number of nitrogen functional groups attached to an aromatic ring is 1. The first-order valence-electron chi connectivity index (χ1n) is 4.69. The van der Waals surface area contributed by atoms with E-state index in [9.17, 15) is 0 Å². The molecule has 0 aliphatic carbocycles. The van der Waals surface area contributed by atoms with Gasteiger partial charge in [0, 0.05) is 5.02 Å². The van der Waals surface area contributed by atoms with Crippen LogP contribution in [0.15, 0.2) is 12.1 Å². The van der Waals surface area contributed by atoms with Crippen molar-refractivity contribution in [2.75, 3.05) is 12.3 Å². The Kier molecular flexibility index (Phi) is 3.64. The van der Waals surface area contributed by atoms with Gasteiger partial charge in [-0.25, -0.2) is 0 Å². The fourth-order valence-corrected chi connectivity index (χ4v) is 1.22. The molecule has 0 saturated heterocycles. The Hall–Kier alpha value is -0.890. The summed E-state index contributed by atoms with van der Waals surface area (Å²) in [5.41, 5.74) is 7.35. The predicted molar refractivity (Wildman–Crippen MR) is 60.9 cm³/mol. The van der Waals surface area contributed by atoms with Crippen LogP contribution in [0.2, 0.25) is 5.02 Å². The average Bonchev–Trinajstić information content (AvgIpc) is 2.09. The van der Waals surface area contributed by atoms with Crippen LogP contribution < -0.4 is 10.5 Å². The second-order valence-corrected chi connectivity index (χ2v) is 4.25. The monoisotopic (exact) mass is 213 g/mol. The van der Waals surface area contributed by atoms with E-state index in [1.165, 1.54) is 0 Å². The minimum absolute atomic E-state index is 0.491. The van der Waals surface area contributed by atoms with Gasteiger partial charge in [0.05, 0.1) is 12.3 Å². The SMILES string of the molecule is Cc1cc(OCC(C)C)c(N)cc1Cl. The molecule has 0 amide bonds. The largest absolute Gasteiger partial charge is 0.491 e. The number of aryl methyl sites for hydroxylation is 1. The van der Waals surface area contributed by atoms with Crippen molar-refractivity contribution in [2.24, 2.45) is 5.92 Å². The van der Waals surface area contributed by atoms with Crippen molar-refractivity contribution < 1.29 is 4.74 Å². The van der Waals surface area contributed by atoms with Gasteiger partial charge in [-0.1, -0.05) is 25.4 Å². The van der Waals surface area contributed by atoms with Gasteiger partial charge in [-0.15, -0.1) is 0 Å². The van der Waals surface area contributed by atoms with E-state index in [2.05, 4.69) is 13.8 Å². The normalized spacial score (nSPS) is 10.6. The van der Waals surface area contributed by atoms with E-state index in [1.54, 1.807) is 6.07 Å². The number of nitrogens with two attached hydrogens (primary N) is 1. The zero-order valence-electron chi connectivity index (χ0n) is 8.80. The highest BCUT2D eigenvalue weighted by Gasteiger charge is 2.05. The van der Waals surface area contributed by atoms with Crippen LogP contribution in [0.3, 0.4) is 0 Å². The Labute approximate surface area is 90.0 Å². The Morgan fingerprint density at radius 3 is 2.64 bits per heavy atom. The van der Waals surface area contributed by atoms with E-state index >= 15 is 0 Å². The fourth-order valence-electron chi connectivity index (χ4n) is 1.05. The summed E-state index contributed by atoms with van der Waals surface area (Å²) in [5, 5.41) is 0.680. The van der Waals surface area contributed by atoms with Crippen LogP contribution in [0.5, 0.6) is 5.75 Å². The number of rotatable bonds is 3. The molecule has 0 unspecified atom stereocenters. The molecule has 2 N–H and O–H groups in total. The van der Waals surface area contributed by atoms with Crippen LogP contribution in [-0.2, 0) is 0 Å². The van der Waals surface area contributed by atoms with Crippen LogP contribution in [-0.4, -0.2) is 6.61 Å². The maximum absolute atomic E-state index is 5.91. The number of anilines is 1. The molecule has 14 heavy (non-hydrogen) atoms. The highest BCUT2D eigenvalue weighted by Crippen LogP contribution is 2.28. The fraction of sp³-hybridized carbons (Fsp3) is 0.455. The molecule has 1 rings (SSSR count). The molecule has 0 radical (unpaired) electrons. The molecule has 0 aromatic heterocycles. The van der Waals surface area contributed by atoms with Crippen molar-refractivity contribution in [3.8, 4) is 5.75 Å². The van der Waals surface area contributed by atoms with Crippen LogP contribution in [0.25, 0.3) is 0 Å². The maximum Gasteiger partial charge on any atom is 0.142 e. The van der Waals surface area contributed by atoms with Crippen LogP contribution in [0.4, 0.5) is 5.69 Å². The molecule has 0 saturated carbocycles. The van der Waals surface area contributed by atoms with E-state index < -0.39 is 0 Å². The average molecular weight is 214 g/mol. The Bertz CT molecular complexity index is 323. The lowest BCUT2D eigenvalue weighted by Crippen LogP contribution is -2.06. The minimum atomic E-state index is 0.491. The van der Waals surface area contributed by atoms with Crippen molar-refractivity contribution in [3.63, 3.8) is 0 Å². The van der Waals surface area contributed by atoms with Crippen molar-refractivity contribution in [1.82, 2.24) is 0 Å². The van der Waals surface area contributed by atoms with Gasteiger partial charge in [0.25, 0.3) is 0 Å². The Balaban J connectivity index is 2.82. The molecule has 1 aromatic carbocycles. The molecule has 78 valence electrons. The molecule has 0 heterocycles. The quantitative estimate of drug-likeness (QED) is 0.783. The van der Waals surface area contributed by atoms with Gasteiger partial charge in [0.2, 0.25) is 0 Å². The molecule has 0 bridgehead atoms. The summed E-state index contributed by atoms with van der Waals surface area (Å²) >= 11 is 5.91. The summed E-state index contributed by atoms with van der Waals surface area (Å²) in [7, 11) is 0. The molecule has 0 atom stereocenters. The summed E-state index contributed by atoms with van der Waals surface area (Å²) in [5.74, 6) is 1.21. The van der Waals surface area contributed by atoms with E-state index in [-0.39, 0.29) is 0 Å². The summed E-state index contributed by atoms with van der Waals surface area (Å²) < 4.78 is 5.55. The van der Waals surface area contributed by atoms with Gasteiger partial charge in [0.1, 0.15) is 5.75 Å². The van der Waals surface area contributed by atoms with Crippen LogP contribution in [0, 0.1) is 12.8 Å². The Morgan fingerprint density at radius 1 is 1.43 bits per heavy atom. The van der Waals surface area contributed by atoms with E-state index in [0.717, 1.165) is 11.3 Å². The Morgan fingerprint density at radius 2 is 2.07 bits per heavy atom. The van der Waals surface area contributed by atoms with Gasteiger partial charge in [-0.2, -0.15) is 0 Å². The maximum atomic E-state index is 5.91. The lowest BCUT2D eigenvalue weighted by Gasteiger charge is -2.12. The summed E-state index contributed by atoms with van der Waals surface area (Å²) in [6.07, 6.45) is 0. The first-order valence-corrected chi connectivity index (χ1v) is 5.07. The predicted octanol–water partition coefficient (Wildman–Crippen LogP) is 3.27. The van der Waals surface area contributed by atoms with Crippen LogP contribution >= 0.6 is 11.6 Å². The number of halogens is 1. The standard InChI is InChI=1S/C11H16ClNO/c1-7(2)6-14-11-4-8(3)9(12)5-10(11)13/h4-5,7H,6,13H2,1-3H3. The molecule has 0 spiro atoms. The van der Waals surface area contributed by atoms with Crippen molar-refractivity contribution in [2.45, 2.75) is 20.8 Å². The molecule has 0 fully saturated rings. The lowest BCUT2D eigenvalue weighted by atomic mass is 10.2. The number of hydrogen-bond acceptors (Lipinski definition) is 2. The molecule has 1 aromatic rings. The molecular weight excluding hydrogens is 198 g/mol. The number of hydrogen-bond donors (Lipinski definition) is 1. The minimum Gasteiger partial charge on any atom is -0.491 e. The van der Waals surface area contributed by atoms with Gasteiger partial charge in [-0.3, -0.25) is 0 Å². The first-order chi connectivity index (χ1) is 6.50. The third kappa shape index (κ3) is 2.81. The second kappa shape index (κ2) is 4.56. The zero-order valence-corrected chi connectivity index (χ0v) is 9.56. The third-order valence-corrected chi connectivity index (χ3v) is 2.27. The second-order valence-electron chi connectivity index (χ2n) is 3.84. The molecule has 3 heteroatoms. The van der Waals surface area contributed by atoms with Gasteiger partial charge in [-0.05, 0) is 30.5 Å². The molecule has 0 aliphatic rings. The van der Waals surface area contributed by atoms with Gasteiger partial charge in [0.15, 0.2) is 0 Å². The zero-order chi connectivity index (χ0) is 10.7. The summed E-state index contributed by atoms with van der Waals surface area (Å²) in [6.45, 7) is 6.80. The molecule has 0 aliphatic heterocycles. The van der Waals surface area contributed by atoms with E-state index in [4.69, 9.17) is 22.1 Å². The van der Waals surface area contributed by atoms with Gasteiger partial charge < -0.3 is 10.5 Å². The topological polar surface area (TPSA) is 35.2 Å². The van der Waals surface area contributed by atoms with Crippen molar-refractivity contribution >= 4 is 17.3 Å². The summed E-state index contributed by atoms with van der Waals surface area (Å²) in [6, 6.07) is 3.60. The van der Waals surface area contributed by atoms with E-state index in [0.29, 0.717) is 23.2 Å². The first kappa shape index (κ1) is 11.2. The van der Waals surface area contributed by atoms with Crippen LogP contribution in [0.1, 0.15) is 19.4 Å². The highest BCUT2D eigenvalue weighted by atomic mass is 35.5. The lowest BCUT2D eigenvalue weighted by molar-refractivity contribution is 0.272. The van der Waals surface area contributed by atoms with Crippen molar-refractivity contribution in [3.05, 3.63) is 22.7 Å². The van der Waals surface area contributed by atoms with E-state index in [1.807, 2.05) is 13.0 Å².